The normalized spacial score (nSPS) is 20.2. The molecule has 0 aliphatic heterocycles. The molecule has 0 N–H and O–H groups in total. The quantitative estimate of drug-likeness (QED) is 0.204. The summed E-state index contributed by atoms with van der Waals surface area (Å²) >= 11 is 0. The maximum atomic E-state index is 2.60. The first-order valence-corrected chi connectivity index (χ1v) is 14.0. The van der Waals surface area contributed by atoms with Crippen molar-refractivity contribution < 1.29 is 0 Å². The zero-order valence-electron chi connectivity index (χ0n) is 22.4. The van der Waals surface area contributed by atoms with E-state index in [2.05, 4.69) is 119 Å². The van der Waals surface area contributed by atoms with E-state index in [-0.39, 0.29) is 10.8 Å². The Morgan fingerprint density at radius 1 is 0.684 bits per heavy atom. The van der Waals surface area contributed by atoms with Gasteiger partial charge in [0.1, 0.15) is 0 Å². The van der Waals surface area contributed by atoms with E-state index in [1.807, 2.05) is 0 Å². The molecule has 0 heteroatoms. The Labute approximate surface area is 224 Å². The Kier molecular flexibility index (Phi) is 3.64. The van der Waals surface area contributed by atoms with Crippen molar-refractivity contribution in [3.63, 3.8) is 0 Å². The Hall–Kier alpha value is -3.90. The van der Waals surface area contributed by atoms with Gasteiger partial charge in [-0.3, -0.25) is 0 Å². The van der Waals surface area contributed by atoms with Crippen LogP contribution in [0.15, 0.2) is 84.4 Å². The van der Waals surface area contributed by atoms with Gasteiger partial charge < -0.3 is 0 Å². The summed E-state index contributed by atoms with van der Waals surface area (Å²) in [6, 6.07) is 28.3. The fraction of sp³-hybridized carbons (Fsp3) is 0.211. The molecule has 4 aliphatic carbocycles. The number of benzene rings is 5. The van der Waals surface area contributed by atoms with Crippen molar-refractivity contribution in [1.82, 2.24) is 0 Å². The van der Waals surface area contributed by atoms with Crippen LogP contribution in [0.4, 0.5) is 0 Å². The van der Waals surface area contributed by atoms with Gasteiger partial charge in [-0.15, -0.1) is 0 Å². The second-order valence-corrected chi connectivity index (χ2v) is 12.9. The fourth-order valence-corrected chi connectivity index (χ4v) is 8.43. The molecule has 0 amide bonds. The highest BCUT2D eigenvalue weighted by molar-refractivity contribution is 6.06. The predicted molar refractivity (Wildman–Crippen MR) is 161 cm³/mol. The van der Waals surface area contributed by atoms with Gasteiger partial charge in [0.25, 0.3) is 0 Å². The van der Waals surface area contributed by atoms with Gasteiger partial charge in [0, 0.05) is 16.7 Å². The highest BCUT2D eigenvalue weighted by atomic mass is 14.5. The van der Waals surface area contributed by atoms with E-state index in [1.54, 1.807) is 5.57 Å². The van der Waals surface area contributed by atoms with Gasteiger partial charge in [-0.1, -0.05) is 113 Å². The molecule has 0 saturated heterocycles. The first-order chi connectivity index (χ1) is 18.4. The molecule has 5 aromatic rings. The lowest BCUT2D eigenvalue weighted by Gasteiger charge is -2.30. The second kappa shape index (κ2) is 6.56. The topological polar surface area (TPSA) is 0 Å². The lowest BCUT2D eigenvalue weighted by Crippen LogP contribution is -2.18. The van der Waals surface area contributed by atoms with Crippen molar-refractivity contribution in [3.05, 3.63) is 129 Å². The van der Waals surface area contributed by atoms with E-state index in [0.717, 1.165) is 6.42 Å². The molecule has 0 unspecified atom stereocenters. The van der Waals surface area contributed by atoms with Gasteiger partial charge in [-0.05, 0) is 95.2 Å². The number of fused-ring (bicyclic) bond motifs is 9. The van der Waals surface area contributed by atoms with Crippen LogP contribution in [0.5, 0.6) is 0 Å². The van der Waals surface area contributed by atoms with E-state index in [1.165, 1.54) is 77.2 Å². The minimum atomic E-state index is -0.0230. The molecule has 1 atom stereocenters. The molecule has 9 rings (SSSR count). The highest BCUT2D eigenvalue weighted by Crippen LogP contribution is 2.61. The zero-order valence-corrected chi connectivity index (χ0v) is 22.4. The van der Waals surface area contributed by atoms with Crippen LogP contribution in [0.25, 0.3) is 44.8 Å². The number of allylic oxidation sites excluding steroid dienone is 2. The smallest absolute Gasteiger partial charge is 0.0320 e. The van der Waals surface area contributed by atoms with Crippen LogP contribution >= 0.6 is 0 Å². The fourth-order valence-electron chi connectivity index (χ4n) is 8.43. The molecule has 0 fully saturated rings. The van der Waals surface area contributed by atoms with E-state index < -0.39 is 0 Å². The molecule has 4 aliphatic rings. The van der Waals surface area contributed by atoms with Crippen LogP contribution in [-0.2, 0) is 17.3 Å². The van der Waals surface area contributed by atoms with Crippen molar-refractivity contribution in [2.45, 2.75) is 50.9 Å². The third-order valence-electron chi connectivity index (χ3n) is 10.4. The summed E-state index contributed by atoms with van der Waals surface area (Å²) < 4.78 is 0. The van der Waals surface area contributed by atoms with Crippen molar-refractivity contribution in [2.24, 2.45) is 0 Å². The predicted octanol–water partition coefficient (Wildman–Crippen LogP) is 9.69. The standard InChI is InChI=1S/C38H30/c1-37(2)29-17-15-21-8-5-6-11-25(21)35(29)27-19-31-28(20-30(27)37)36-26-16-14-23-10-7-9-22-12-13-24(34(26)33(22)23)18-32(36)38(31,3)4/h5-9,11-20,36H,10H2,1-4H3/t36-/m1/s1. The summed E-state index contributed by atoms with van der Waals surface area (Å²) in [5.41, 5.74) is 16.1. The largest absolute Gasteiger partial charge is 0.0795 e. The summed E-state index contributed by atoms with van der Waals surface area (Å²) in [7, 11) is 0. The molecule has 0 bridgehead atoms. The number of rotatable bonds is 0. The summed E-state index contributed by atoms with van der Waals surface area (Å²) in [4.78, 5) is 0. The van der Waals surface area contributed by atoms with Gasteiger partial charge in [0.15, 0.2) is 0 Å². The van der Waals surface area contributed by atoms with E-state index in [0.29, 0.717) is 5.92 Å². The molecule has 0 aromatic heterocycles. The summed E-state index contributed by atoms with van der Waals surface area (Å²) in [5.74, 6) is 0.323. The van der Waals surface area contributed by atoms with Crippen LogP contribution in [0.2, 0.25) is 0 Å². The molecule has 0 spiro atoms. The monoisotopic (exact) mass is 486 g/mol. The Morgan fingerprint density at radius 2 is 1.53 bits per heavy atom. The molecular formula is C38H30. The molecule has 0 heterocycles. The maximum absolute atomic E-state index is 2.60. The number of hydrogen-bond acceptors (Lipinski definition) is 0. The first kappa shape index (κ1) is 21.1. The summed E-state index contributed by atoms with van der Waals surface area (Å²) in [6.45, 7) is 9.74. The van der Waals surface area contributed by atoms with Crippen molar-refractivity contribution in [2.75, 3.05) is 0 Å². The lowest BCUT2D eigenvalue weighted by atomic mass is 9.73. The zero-order chi connectivity index (χ0) is 25.6. The van der Waals surface area contributed by atoms with Crippen LogP contribution in [0.1, 0.15) is 78.1 Å². The second-order valence-electron chi connectivity index (χ2n) is 12.9. The van der Waals surface area contributed by atoms with Crippen LogP contribution < -0.4 is 0 Å². The van der Waals surface area contributed by atoms with Crippen molar-refractivity contribution in [3.8, 4) is 11.1 Å². The summed E-state index contributed by atoms with van der Waals surface area (Å²) in [6.07, 6.45) is 8.20. The molecular weight excluding hydrogens is 456 g/mol. The lowest BCUT2D eigenvalue weighted by molar-refractivity contribution is 0.636. The van der Waals surface area contributed by atoms with Gasteiger partial charge in [-0.2, -0.15) is 0 Å². The average Bonchev–Trinajstić information content (AvgIpc) is 3.30. The third-order valence-corrected chi connectivity index (χ3v) is 10.4. The maximum Gasteiger partial charge on any atom is 0.0320 e. The van der Waals surface area contributed by atoms with E-state index >= 15 is 0 Å². The Morgan fingerprint density at radius 3 is 2.42 bits per heavy atom. The van der Waals surface area contributed by atoms with E-state index in [9.17, 15) is 0 Å². The van der Waals surface area contributed by atoms with E-state index in [4.69, 9.17) is 0 Å². The van der Waals surface area contributed by atoms with Crippen LogP contribution in [-0.4, -0.2) is 0 Å². The Bertz CT molecular complexity index is 1990. The van der Waals surface area contributed by atoms with Crippen LogP contribution in [0, 0.1) is 0 Å². The van der Waals surface area contributed by atoms with Gasteiger partial charge >= 0.3 is 0 Å². The first-order valence-electron chi connectivity index (χ1n) is 14.0. The Balaban J connectivity index is 1.37. The highest BCUT2D eigenvalue weighted by Gasteiger charge is 2.47. The minimum Gasteiger partial charge on any atom is -0.0795 e. The molecule has 38 heavy (non-hydrogen) atoms. The number of hydrogen-bond donors (Lipinski definition) is 0. The average molecular weight is 487 g/mol. The molecule has 0 nitrogen and oxygen atoms in total. The molecule has 0 saturated carbocycles. The summed E-state index contributed by atoms with van der Waals surface area (Å²) in [5, 5.41) is 5.67. The van der Waals surface area contributed by atoms with Crippen molar-refractivity contribution in [1.29, 1.82) is 0 Å². The van der Waals surface area contributed by atoms with Gasteiger partial charge in [-0.25, -0.2) is 0 Å². The molecule has 0 radical (unpaired) electrons. The molecule has 182 valence electrons. The van der Waals surface area contributed by atoms with Gasteiger partial charge in [0.2, 0.25) is 0 Å². The van der Waals surface area contributed by atoms with Crippen LogP contribution in [0.3, 0.4) is 0 Å². The third kappa shape index (κ3) is 2.30. The molecule has 5 aromatic carbocycles. The SMILES string of the molecule is CC1(C)C2=Cc3ccc4c5c(ccc(c35)[C@@H]2c2cc3c(cc21)-c1c(ccc2ccccc12)C3(C)C)CC=C4. The minimum absolute atomic E-state index is 0.0229. The van der Waals surface area contributed by atoms with Crippen molar-refractivity contribution >= 4 is 33.7 Å². The van der Waals surface area contributed by atoms with Gasteiger partial charge in [0.05, 0.1) is 0 Å².